The molecule has 1 aliphatic carbocycles. The number of esters is 1. The first-order chi connectivity index (χ1) is 18.8. The third-order valence-corrected chi connectivity index (χ3v) is 7.26. The van der Waals surface area contributed by atoms with Gasteiger partial charge in [-0.25, -0.2) is 0 Å². The summed E-state index contributed by atoms with van der Waals surface area (Å²) in [5, 5.41) is 10.5. The standard InChI is InChI=1S/C30H35NO8/c1-6-38-11-12-39-30(34)27-17(2)31-21-13-20(18-7-10-25(36-4)26(16-18)37-5)15-23(33)29(21)28(27)19-8-9-24(35-3)22(32)14-19/h7-10,14,16,20,27-28,32H,6,11-13,15H2,1-5H3/t20-,27?,28+/m0/s1. The summed E-state index contributed by atoms with van der Waals surface area (Å²) >= 11 is 0. The first kappa shape index (κ1) is 28.2. The summed E-state index contributed by atoms with van der Waals surface area (Å²) in [6.07, 6.45) is 0.756. The summed E-state index contributed by atoms with van der Waals surface area (Å²) in [6.45, 7) is 4.53. The van der Waals surface area contributed by atoms with Crippen molar-refractivity contribution >= 4 is 17.5 Å². The first-order valence-corrected chi connectivity index (χ1v) is 13.0. The van der Waals surface area contributed by atoms with Crippen molar-refractivity contribution in [3.05, 3.63) is 58.8 Å². The van der Waals surface area contributed by atoms with Gasteiger partial charge in [0.2, 0.25) is 0 Å². The van der Waals surface area contributed by atoms with Gasteiger partial charge in [-0.05, 0) is 61.6 Å². The van der Waals surface area contributed by atoms with Gasteiger partial charge in [-0.2, -0.15) is 0 Å². The predicted molar refractivity (Wildman–Crippen MR) is 145 cm³/mol. The summed E-state index contributed by atoms with van der Waals surface area (Å²) in [7, 11) is 4.61. The van der Waals surface area contributed by atoms with Crippen LogP contribution in [0.15, 0.2) is 52.7 Å². The van der Waals surface area contributed by atoms with E-state index in [0.717, 1.165) is 5.56 Å². The number of ether oxygens (including phenoxy) is 5. The van der Waals surface area contributed by atoms with Crippen LogP contribution in [-0.2, 0) is 19.1 Å². The second-order valence-electron chi connectivity index (χ2n) is 9.51. The van der Waals surface area contributed by atoms with Gasteiger partial charge in [0.1, 0.15) is 12.5 Å². The summed E-state index contributed by atoms with van der Waals surface area (Å²) in [4.78, 5) is 32.0. The molecule has 4 rings (SSSR count). The number of hydrogen-bond acceptors (Lipinski definition) is 9. The molecule has 9 nitrogen and oxygen atoms in total. The lowest BCUT2D eigenvalue weighted by Crippen LogP contribution is -2.38. The summed E-state index contributed by atoms with van der Waals surface area (Å²) in [5.41, 5.74) is 3.23. The molecule has 1 N–H and O–H groups in total. The maximum Gasteiger partial charge on any atom is 0.315 e. The molecule has 0 fully saturated rings. The number of aromatic hydroxyl groups is 1. The normalized spacial score (nSPS) is 20.7. The van der Waals surface area contributed by atoms with Crippen LogP contribution in [0.25, 0.3) is 0 Å². The SMILES string of the molecule is CCOCCOC(=O)C1C(C)=NC2=C(C(=O)C[C@@H](c3ccc(OC)c(OC)c3)C2)[C@@H]1c1ccc(OC)c(O)c1. The second kappa shape index (κ2) is 12.3. The van der Waals surface area contributed by atoms with Crippen molar-refractivity contribution < 1.29 is 38.4 Å². The number of ketones is 1. The Morgan fingerprint density at radius 2 is 1.64 bits per heavy atom. The number of phenols is 1. The Balaban J connectivity index is 1.74. The topological polar surface area (TPSA) is 113 Å². The molecule has 0 radical (unpaired) electrons. The predicted octanol–water partition coefficient (Wildman–Crippen LogP) is 4.57. The van der Waals surface area contributed by atoms with Crippen LogP contribution in [0.1, 0.15) is 49.7 Å². The molecule has 9 heteroatoms. The smallest absolute Gasteiger partial charge is 0.315 e. The monoisotopic (exact) mass is 537 g/mol. The number of rotatable bonds is 10. The number of benzene rings is 2. The molecule has 0 bridgehead atoms. The van der Waals surface area contributed by atoms with Gasteiger partial charge in [-0.1, -0.05) is 12.1 Å². The molecule has 208 valence electrons. The van der Waals surface area contributed by atoms with Crippen molar-refractivity contribution in [1.29, 1.82) is 0 Å². The van der Waals surface area contributed by atoms with E-state index in [-0.39, 0.29) is 37.1 Å². The number of phenolic OH excluding ortho intramolecular Hbond substituents is 1. The van der Waals surface area contributed by atoms with Crippen LogP contribution < -0.4 is 14.2 Å². The maximum atomic E-state index is 13.8. The quantitative estimate of drug-likeness (QED) is 0.346. The number of nitrogens with zero attached hydrogens (tertiary/aromatic N) is 1. The Hall–Kier alpha value is -3.85. The van der Waals surface area contributed by atoms with E-state index >= 15 is 0 Å². The van der Waals surface area contributed by atoms with Gasteiger partial charge in [0, 0.05) is 35.9 Å². The Morgan fingerprint density at radius 3 is 2.31 bits per heavy atom. The fraction of sp³-hybridized carbons (Fsp3) is 0.433. The van der Waals surface area contributed by atoms with Crippen LogP contribution in [-0.4, -0.2) is 63.7 Å². The number of methoxy groups -OCH3 is 3. The minimum Gasteiger partial charge on any atom is -0.504 e. The molecule has 1 unspecified atom stereocenters. The zero-order valence-electron chi connectivity index (χ0n) is 23.0. The summed E-state index contributed by atoms with van der Waals surface area (Å²) in [6, 6.07) is 10.6. The molecule has 3 atom stereocenters. The van der Waals surface area contributed by atoms with E-state index < -0.39 is 17.8 Å². The molecular weight excluding hydrogens is 502 g/mol. The molecule has 1 aliphatic heterocycles. The Labute approximate surface area is 228 Å². The third-order valence-electron chi connectivity index (χ3n) is 7.26. The van der Waals surface area contributed by atoms with Crippen LogP contribution in [0.4, 0.5) is 0 Å². The molecular formula is C30H35NO8. The zero-order valence-corrected chi connectivity index (χ0v) is 23.0. The number of aliphatic imine (C=N–C) groups is 1. The molecule has 0 saturated heterocycles. The van der Waals surface area contributed by atoms with E-state index in [4.69, 9.17) is 28.7 Å². The van der Waals surface area contributed by atoms with Crippen molar-refractivity contribution in [2.24, 2.45) is 10.9 Å². The maximum absolute atomic E-state index is 13.8. The zero-order chi connectivity index (χ0) is 28.1. The van der Waals surface area contributed by atoms with Crippen molar-refractivity contribution in [2.75, 3.05) is 41.2 Å². The van der Waals surface area contributed by atoms with E-state index in [0.29, 0.717) is 52.8 Å². The van der Waals surface area contributed by atoms with Crippen molar-refractivity contribution in [3.63, 3.8) is 0 Å². The lowest BCUT2D eigenvalue weighted by atomic mass is 9.69. The van der Waals surface area contributed by atoms with Crippen LogP contribution in [0.3, 0.4) is 0 Å². The second-order valence-corrected chi connectivity index (χ2v) is 9.51. The highest BCUT2D eigenvalue weighted by atomic mass is 16.6. The van der Waals surface area contributed by atoms with Gasteiger partial charge < -0.3 is 28.8 Å². The molecule has 1 heterocycles. The molecule has 0 spiro atoms. The number of Topliss-reactive ketones (excluding diaryl/α,β-unsaturated/α-hetero) is 1. The van der Waals surface area contributed by atoms with Gasteiger partial charge in [-0.3, -0.25) is 14.6 Å². The van der Waals surface area contributed by atoms with E-state index in [1.165, 1.54) is 7.11 Å². The highest BCUT2D eigenvalue weighted by Gasteiger charge is 2.45. The minimum atomic E-state index is -0.820. The largest absolute Gasteiger partial charge is 0.504 e. The van der Waals surface area contributed by atoms with Gasteiger partial charge in [0.25, 0.3) is 0 Å². The van der Waals surface area contributed by atoms with E-state index in [2.05, 4.69) is 0 Å². The van der Waals surface area contributed by atoms with Gasteiger partial charge in [-0.15, -0.1) is 0 Å². The average molecular weight is 538 g/mol. The van der Waals surface area contributed by atoms with Crippen molar-refractivity contribution in [2.45, 2.75) is 38.5 Å². The lowest BCUT2D eigenvalue weighted by Gasteiger charge is -2.36. The van der Waals surface area contributed by atoms with Crippen molar-refractivity contribution in [3.8, 4) is 23.0 Å². The highest BCUT2D eigenvalue weighted by molar-refractivity contribution is 6.09. The summed E-state index contributed by atoms with van der Waals surface area (Å²) < 4.78 is 26.9. The molecule has 2 aromatic rings. The van der Waals surface area contributed by atoms with E-state index in [1.807, 2.05) is 25.1 Å². The highest BCUT2D eigenvalue weighted by Crippen LogP contribution is 2.48. The molecule has 39 heavy (non-hydrogen) atoms. The molecule has 0 aromatic heterocycles. The fourth-order valence-electron chi connectivity index (χ4n) is 5.40. The van der Waals surface area contributed by atoms with Crippen LogP contribution in [0.2, 0.25) is 0 Å². The Morgan fingerprint density at radius 1 is 0.949 bits per heavy atom. The third kappa shape index (κ3) is 5.78. The van der Waals surface area contributed by atoms with E-state index in [9.17, 15) is 14.7 Å². The Kier molecular flexibility index (Phi) is 8.91. The number of allylic oxidation sites excluding steroid dienone is 2. The fourth-order valence-corrected chi connectivity index (χ4v) is 5.40. The number of carbonyl (C=O) groups excluding carboxylic acids is 2. The molecule has 0 amide bonds. The van der Waals surface area contributed by atoms with Gasteiger partial charge >= 0.3 is 5.97 Å². The molecule has 2 aromatic carbocycles. The Bertz CT molecular complexity index is 1300. The van der Waals surface area contributed by atoms with Gasteiger partial charge in [0.05, 0.1) is 27.9 Å². The number of carbonyl (C=O) groups is 2. The summed E-state index contributed by atoms with van der Waals surface area (Å²) in [5.74, 6) is -0.760. The van der Waals surface area contributed by atoms with Gasteiger partial charge in [0.15, 0.2) is 28.8 Å². The first-order valence-electron chi connectivity index (χ1n) is 13.0. The van der Waals surface area contributed by atoms with Crippen LogP contribution in [0, 0.1) is 5.92 Å². The van der Waals surface area contributed by atoms with Crippen LogP contribution >= 0.6 is 0 Å². The van der Waals surface area contributed by atoms with E-state index in [1.54, 1.807) is 39.3 Å². The molecule has 0 saturated carbocycles. The minimum absolute atomic E-state index is 0.0766. The van der Waals surface area contributed by atoms with Crippen molar-refractivity contribution in [1.82, 2.24) is 0 Å². The number of hydrogen-bond donors (Lipinski definition) is 1. The lowest BCUT2D eigenvalue weighted by molar-refractivity contribution is -0.148. The molecule has 2 aliphatic rings. The average Bonchev–Trinajstić information content (AvgIpc) is 2.93. The van der Waals surface area contributed by atoms with Crippen LogP contribution in [0.5, 0.6) is 23.0 Å².